The van der Waals surface area contributed by atoms with Gasteiger partial charge in [-0.05, 0) is 42.0 Å². The van der Waals surface area contributed by atoms with Crippen LogP contribution in [0.4, 0.5) is 11.4 Å². The Morgan fingerprint density at radius 1 is 1.12 bits per heavy atom. The van der Waals surface area contributed by atoms with Crippen molar-refractivity contribution in [3.63, 3.8) is 0 Å². The van der Waals surface area contributed by atoms with Gasteiger partial charge in [-0.1, -0.05) is 41.9 Å². The molecule has 3 aromatic carbocycles. The third-order valence-electron chi connectivity index (χ3n) is 3.81. The molecular weight excluding hydrogens is 356 g/mol. The van der Waals surface area contributed by atoms with Crippen molar-refractivity contribution in [1.29, 1.82) is 0 Å². The number of hydrogen-bond acceptors (Lipinski definition) is 4. The van der Waals surface area contributed by atoms with Gasteiger partial charge in [0, 0.05) is 16.8 Å². The van der Waals surface area contributed by atoms with Crippen molar-refractivity contribution in [2.75, 3.05) is 5.32 Å². The van der Waals surface area contributed by atoms with E-state index in [1.807, 2.05) is 36.4 Å². The molecule has 0 aliphatic rings. The lowest BCUT2D eigenvalue weighted by Crippen LogP contribution is -2.30. The van der Waals surface area contributed by atoms with Gasteiger partial charge in [-0.3, -0.25) is 14.9 Å². The molecule has 0 radical (unpaired) electrons. The maximum atomic E-state index is 12.4. The van der Waals surface area contributed by atoms with E-state index in [0.29, 0.717) is 5.69 Å². The number of carbonyl (C=O) groups is 1. The summed E-state index contributed by atoms with van der Waals surface area (Å²) in [6, 6.07) is 17.4. The lowest BCUT2D eigenvalue weighted by atomic mass is 10.1. The molecule has 26 heavy (non-hydrogen) atoms. The Hall–Kier alpha value is -3.12. The van der Waals surface area contributed by atoms with Gasteiger partial charge in [-0.25, -0.2) is 0 Å². The average Bonchev–Trinajstić information content (AvgIpc) is 2.62. The number of amides is 1. The molecule has 132 valence electrons. The summed E-state index contributed by atoms with van der Waals surface area (Å²) in [5.74, 6) is -0.426. The van der Waals surface area contributed by atoms with E-state index in [0.717, 1.165) is 10.8 Å². The van der Waals surface area contributed by atoms with Crippen LogP contribution in [0.25, 0.3) is 10.8 Å². The zero-order valence-corrected chi connectivity index (χ0v) is 14.6. The highest BCUT2D eigenvalue weighted by Crippen LogP contribution is 2.30. The van der Waals surface area contributed by atoms with E-state index in [2.05, 4.69) is 5.32 Å². The van der Waals surface area contributed by atoms with E-state index in [1.165, 1.54) is 25.1 Å². The topological polar surface area (TPSA) is 81.5 Å². The van der Waals surface area contributed by atoms with E-state index in [-0.39, 0.29) is 16.5 Å². The third-order valence-corrected chi connectivity index (χ3v) is 4.04. The predicted octanol–water partition coefficient (Wildman–Crippen LogP) is 4.81. The van der Waals surface area contributed by atoms with Gasteiger partial charge in [-0.15, -0.1) is 0 Å². The summed E-state index contributed by atoms with van der Waals surface area (Å²) in [5, 5.41) is 16.1. The number of nitro benzene ring substituents is 1. The maximum Gasteiger partial charge on any atom is 0.312 e. The summed E-state index contributed by atoms with van der Waals surface area (Å²) in [6.07, 6.45) is -0.929. The van der Waals surface area contributed by atoms with Crippen LogP contribution < -0.4 is 10.1 Å². The molecule has 0 saturated heterocycles. The lowest BCUT2D eigenvalue weighted by molar-refractivity contribution is -0.386. The molecular formula is C19H15ClN2O4. The van der Waals surface area contributed by atoms with E-state index in [4.69, 9.17) is 16.3 Å². The van der Waals surface area contributed by atoms with Crippen LogP contribution in [0, 0.1) is 10.1 Å². The van der Waals surface area contributed by atoms with Crippen molar-refractivity contribution in [2.45, 2.75) is 13.0 Å². The second-order valence-electron chi connectivity index (χ2n) is 5.68. The first-order chi connectivity index (χ1) is 12.4. The molecule has 3 rings (SSSR count). The quantitative estimate of drug-likeness (QED) is 0.516. The highest BCUT2D eigenvalue weighted by molar-refractivity contribution is 6.30. The smallest absolute Gasteiger partial charge is 0.312 e. The van der Waals surface area contributed by atoms with Crippen molar-refractivity contribution in [3.05, 3.63) is 75.8 Å². The zero-order valence-electron chi connectivity index (χ0n) is 13.8. The van der Waals surface area contributed by atoms with Crippen LogP contribution in [0.2, 0.25) is 5.02 Å². The average molecular weight is 371 g/mol. The number of benzene rings is 3. The minimum atomic E-state index is -0.929. The fourth-order valence-electron chi connectivity index (χ4n) is 2.49. The molecule has 6 nitrogen and oxygen atoms in total. The molecule has 1 amide bonds. The molecule has 0 fully saturated rings. The zero-order chi connectivity index (χ0) is 18.7. The van der Waals surface area contributed by atoms with Gasteiger partial charge in [0.05, 0.1) is 4.92 Å². The minimum absolute atomic E-state index is 0.0134. The Labute approximate surface area is 154 Å². The molecule has 0 saturated carbocycles. The van der Waals surface area contributed by atoms with Crippen molar-refractivity contribution in [3.8, 4) is 5.75 Å². The van der Waals surface area contributed by atoms with E-state index in [1.54, 1.807) is 6.07 Å². The summed E-state index contributed by atoms with van der Waals surface area (Å²) < 4.78 is 5.47. The molecule has 0 bridgehead atoms. The Balaban J connectivity index is 1.74. The van der Waals surface area contributed by atoms with Crippen LogP contribution in [0.5, 0.6) is 5.75 Å². The molecule has 1 atom stereocenters. The van der Waals surface area contributed by atoms with Crippen LogP contribution in [0.3, 0.4) is 0 Å². The van der Waals surface area contributed by atoms with E-state index in [9.17, 15) is 14.9 Å². The minimum Gasteiger partial charge on any atom is -0.474 e. The van der Waals surface area contributed by atoms with Crippen LogP contribution in [0.1, 0.15) is 6.92 Å². The number of nitro groups is 1. The number of rotatable bonds is 5. The first kappa shape index (κ1) is 17.7. The summed E-state index contributed by atoms with van der Waals surface area (Å²) in [7, 11) is 0. The summed E-state index contributed by atoms with van der Waals surface area (Å²) in [4.78, 5) is 22.9. The third kappa shape index (κ3) is 3.92. The molecule has 3 aromatic rings. The molecule has 0 heterocycles. The number of ether oxygens (including phenoxy) is 1. The molecule has 0 aliphatic carbocycles. The second kappa shape index (κ2) is 7.41. The van der Waals surface area contributed by atoms with Gasteiger partial charge in [0.25, 0.3) is 5.91 Å². The van der Waals surface area contributed by atoms with Crippen molar-refractivity contribution in [1.82, 2.24) is 0 Å². The fraction of sp³-hybridized carbons (Fsp3) is 0.105. The largest absolute Gasteiger partial charge is 0.474 e. The number of hydrogen-bond donors (Lipinski definition) is 1. The number of fused-ring (bicyclic) bond motifs is 1. The van der Waals surface area contributed by atoms with Gasteiger partial charge in [0.15, 0.2) is 11.9 Å². The molecule has 0 aliphatic heterocycles. The Bertz CT molecular complexity index is 990. The lowest BCUT2D eigenvalue weighted by Gasteiger charge is -2.15. The van der Waals surface area contributed by atoms with Gasteiger partial charge < -0.3 is 10.1 Å². The fourth-order valence-corrected chi connectivity index (χ4v) is 2.65. The van der Waals surface area contributed by atoms with Gasteiger partial charge in [-0.2, -0.15) is 0 Å². The predicted molar refractivity (Wildman–Crippen MR) is 101 cm³/mol. The monoisotopic (exact) mass is 370 g/mol. The molecule has 7 heteroatoms. The van der Waals surface area contributed by atoms with Crippen LogP contribution >= 0.6 is 11.6 Å². The van der Waals surface area contributed by atoms with Crippen molar-refractivity contribution >= 4 is 39.7 Å². The highest BCUT2D eigenvalue weighted by atomic mass is 35.5. The van der Waals surface area contributed by atoms with Crippen molar-refractivity contribution < 1.29 is 14.5 Å². The Kier molecular flexibility index (Phi) is 5.04. The van der Waals surface area contributed by atoms with Gasteiger partial charge in [0.1, 0.15) is 0 Å². The maximum absolute atomic E-state index is 12.4. The van der Waals surface area contributed by atoms with E-state index < -0.39 is 16.9 Å². The van der Waals surface area contributed by atoms with Crippen LogP contribution in [0.15, 0.2) is 60.7 Å². The summed E-state index contributed by atoms with van der Waals surface area (Å²) >= 11 is 5.78. The summed E-state index contributed by atoms with van der Waals surface area (Å²) in [6.45, 7) is 1.52. The van der Waals surface area contributed by atoms with Crippen molar-refractivity contribution in [2.24, 2.45) is 0 Å². The molecule has 0 unspecified atom stereocenters. The second-order valence-corrected chi connectivity index (χ2v) is 6.12. The molecule has 1 N–H and O–H groups in total. The first-order valence-corrected chi connectivity index (χ1v) is 8.22. The van der Waals surface area contributed by atoms with E-state index >= 15 is 0 Å². The standard InChI is InChI=1S/C19H15ClN2O4/c1-12(26-18-9-7-15(20)11-17(18)22(24)25)19(23)21-16-8-6-13-4-2-3-5-14(13)10-16/h2-12H,1H3,(H,21,23)/t12-/m0/s1. The number of nitrogens with one attached hydrogen (secondary N) is 1. The number of carbonyl (C=O) groups excluding carboxylic acids is 1. The number of halogens is 1. The Morgan fingerprint density at radius 3 is 2.58 bits per heavy atom. The SMILES string of the molecule is C[C@H](Oc1ccc(Cl)cc1[N+](=O)[O-])C(=O)Nc1ccc2ccccc2c1. The summed E-state index contributed by atoms with van der Waals surface area (Å²) in [5.41, 5.74) is 0.331. The van der Waals surface area contributed by atoms with Gasteiger partial charge >= 0.3 is 5.69 Å². The van der Waals surface area contributed by atoms with Gasteiger partial charge in [0.2, 0.25) is 0 Å². The highest BCUT2D eigenvalue weighted by Gasteiger charge is 2.21. The van der Waals surface area contributed by atoms with Crippen LogP contribution in [-0.4, -0.2) is 16.9 Å². The van der Waals surface area contributed by atoms with Crippen LogP contribution in [-0.2, 0) is 4.79 Å². The number of nitrogens with zero attached hydrogens (tertiary/aromatic N) is 1. The molecule has 0 aromatic heterocycles. The number of anilines is 1. The normalized spacial score (nSPS) is 11.8. The Morgan fingerprint density at radius 2 is 1.85 bits per heavy atom. The first-order valence-electron chi connectivity index (χ1n) is 7.84. The molecule has 0 spiro atoms.